The van der Waals surface area contributed by atoms with Gasteiger partial charge in [0.05, 0.1) is 6.61 Å². The van der Waals surface area contributed by atoms with Crippen LogP contribution < -0.4 is 0 Å². The smallest absolute Gasteiger partial charge is 0.302 e. The van der Waals surface area contributed by atoms with Crippen LogP contribution in [-0.4, -0.2) is 35.9 Å². The van der Waals surface area contributed by atoms with E-state index in [2.05, 4.69) is 48.5 Å². The third-order valence-corrected chi connectivity index (χ3v) is 14.9. The van der Waals surface area contributed by atoms with E-state index in [1.165, 1.54) is 32.1 Å². The molecule has 0 amide bonds. The van der Waals surface area contributed by atoms with Gasteiger partial charge in [0.25, 0.3) is 0 Å². The van der Waals surface area contributed by atoms with Crippen molar-refractivity contribution in [3.63, 3.8) is 0 Å². The minimum Gasteiger partial charge on any atom is -0.465 e. The molecule has 39 heavy (non-hydrogen) atoms. The van der Waals surface area contributed by atoms with E-state index in [0.29, 0.717) is 30.3 Å². The Labute approximate surface area is 236 Å². The largest absolute Gasteiger partial charge is 0.465 e. The monoisotopic (exact) mass is 542 g/mol. The molecule has 1 heterocycles. The molecule has 10 atom stereocenters. The molecule has 0 radical (unpaired) electrons. The number of rotatable bonds is 4. The van der Waals surface area contributed by atoms with Crippen LogP contribution in [0.5, 0.6) is 0 Å². The normalized spacial score (nSPS) is 53.0. The number of ether oxygens (including phenoxy) is 3. The van der Waals surface area contributed by atoms with E-state index >= 15 is 0 Å². The zero-order chi connectivity index (χ0) is 28.4. The molecule has 5 unspecified atom stereocenters. The minimum atomic E-state index is -0.163. The van der Waals surface area contributed by atoms with Crippen LogP contribution >= 0.6 is 0 Å². The molecule has 0 aromatic rings. The van der Waals surface area contributed by atoms with Gasteiger partial charge in [0.2, 0.25) is 0 Å². The Kier molecular flexibility index (Phi) is 5.94. The molecular formula is C34H54O5. The van der Waals surface area contributed by atoms with Gasteiger partial charge >= 0.3 is 11.9 Å². The number of esters is 2. The number of hydrogen-bond acceptors (Lipinski definition) is 5. The molecule has 0 aromatic carbocycles. The third kappa shape index (κ3) is 3.18. The van der Waals surface area contributed by atoms with E-state index in [1.807, 2.05) is 0 Å². The Morgan fingerprint density at radius 2 is 1.41 bits per heavy atom. The van der Waals surface area contributed by atoms with Gasteiger partial charge in [0.1, 0.15) is 17.3 Å². The first-order valence-corrected chi connectivity index (χ1v) is 16.1. The van der Waals surface area contributed by atoms with Gasteiger partial charge in [0, 0.05) is 24.7 Å². The van der Waals surface area contributed by atoms with Crippen molar-refractivity contribution >= 4 is 11.9 Å². The summed E-state index contributed by atoms with van der Waals surface area (Å²) in [4.78, 5) is 24.0. The standard InChI is InChI=1S/C34H54O5/c1-21(2)33-19-18-32(20-37-22(3)35)17-16-31(9)26(34(32,33)39-33)11-10-25-29(7)14-13-27(38-23(4)36)28(5,6)24(29)12-15-30(25,31)8/h21,24-27H,10-20H2,1-9H3/t24?,25?,26?,27-,29-,30+,31+,32-,33?,34?/m0/s1. The maximum absolute atomic E-state index is 12.0. The second-order valence-corrected chi connectivity index (χ2v) is 16.5. The van der Waals surface area contributed by atoms with E-state index in [4.69, 9.17) is 14.2 Å². The number of hydrogen-bond donors (Lipinski definition) is 0. The Morgan fingerprint density at radius 3 is 2.03 bits per heavy atom. The van der Waals surface area contributed by atoms with Gasteiger partial charge in [-0.15, -0.1) is 0 Å². The van der Waals surface area contributed by atoms with Crippen molar-refractivity contribution in [2.45, 2.75) is 144 Å². The molecule has 5 nitrogen and oxygen atoms in total. The molecule has 5 saturated carbocycles. The Morgan fingerprint density at radius 1 is 0.769 bits per heavy atom. The Bertz CT molecular complexity index is 1070. The number of epoxide rings is 1. The Hall–Kier alpha value is -1.10. The van der Waals surface area contributed by atoms with Crippen LogP contribution in [0.4, 0.5) is 0 Å². The summed E-state index contributed by atoms with van der Waals surface area (Å²) in [5.41, 5.74) is 0.414. The molecule has 1 aliphatic heterocycles. The van der Waals surface area contributed by atoms with Crippen LogP contribution in [0.3, 0.4) is 0 Å². The van der Waals surface area contributed by atoms with Gasteiger partial charge in [0.15, 0.2) is 0 Å². The zero-order valence-electron chi connectivity index (χ0n) is 26.2. The second-order valence-electron chi connectivity index (χ2n) is 16.5. The minimum absolute atomic E-state index is 0.0138. The number of carbonyl (C=O) groups is 2. The molecule has 5 aliphatic carbocycles. The molecule has 1 spiro atoms. The van der Waals surface area contributed by atoms with Crippen LogP contribution in [0.1, 0.15) is 127 Å². The summed E-state index contributed by atoms with van der Waals surface area (Å²) >= 11 is 0. The molecule has 0 aromatic heterocycles. The lowest BCUT2D eigenvalue weighted by Crippen LogP contribution is -2.69. The van der Waals surface area contributed by atoms with Gasteiger partial charge in [-0.2, -0.15) is 0 Å². The summed E-state index contributed by atoms with van der Waals surface area (Å²) in [5, 5.41) is 0. The summed E-state index contributed by atoms with van der Waals surface area (Å²) in [7, 11) is 0. The molecule has 0 bridgehead atoms. The average molecular weight is 543 g/mol. The molecular weight excluding hydrogens is 488 g/mol. The Balaban J connectivity index is 1.37. The fraction of sp³-hybridized carbons (Fsp3) is 0.941. The summed E-state index contributed by atoms with van der Waals surface area (Å²) in [5.74, 6) is 1.89. The molecule has 6 rings (SSSR count). The highest BCUT2D eigenvalue weighted by atomic mass is 16.6. The maximum Gasteiger partial charge on any atom is 0.302 e. The first-order valence-electron chi connectivity index (χ1n) is 16.1. The fourth-order valence-electron chi connectivity index (χ4n) is 13.0. The van der Waals surface area contributed by atoms with Crippen LogP contribution in [0, 0.1) is 50.7 Å². The van der Waals surface area contributed by atoms with E-state index in [0.717, 1.165) is 32.1 Å². The van der Waals surface area contributed by atoms with Crippen LogP contribution in [0.2, 0.25) is 0 Å². The van der Waals surface area contributed by atoms with Gasteiger partial charge in [-0.3, -0.25) is 9.59 Å². The molecule has 220 valence electrons. The van der Waals surface area contributed by atoms with E-state index in [1.54, 1.807) is 13.8 Å². The van der Waals surface area contributed by atoms with Crippen LogP contribution in [0.25, 0.3) is 0 Å². The topological polar surface area (TPSA) is 65.1 Å². The second kappa shape index (κ2) is 8.26. The van der Waals surface area contributed by atoms with E-state index < -0.39 is 0 Å². The molecule has 1 saturated heterocycles. The highest BCUT2D eigenvalue weighted by Crippen LogP contribution is 2.85. The lowest BCUT2D eigenvalue weighted by Gasteiger charge is -2.72. The van der Waals surface area contributed by atoms with Crippen molar-refractivity contribution in [1.29, 1.82) is 0 Å². The number of carbonyl (C=O) groups excluding carboxylic acids is 2. The first kappa shape index (κ1) is 28.0. The number of fused-ring (bicyclic) bond motifs is 5. The molecule has 6 aliphatic rings. The van der Waals surface area contributed by atoms with Gasteiger partial charge in [-0.05, 0) is 104 Å². The van der Waals surface area contributed by atoms with Gasteiger partial charge in [-0.25, -0.2) is 0 Å². The van der Waals surface area contributed by atoms with Crippen LogP contribution in [0.15, 0.2) is 0 Å². The van der Waals surface area contributed by atoms with Crippen molar-refractivity contribution in [2.24, 2.45) is 50.7 Å². The third-order valence-electron chi connectivity index (χ3n) is 14.9. The lowest BCUT2D eigenvalue weighted by molar-refractivity contribution is -0.254. The van der Waals surface area contributed by atoms with E-state index in [-0.39, 0.29) is 56.3 Å². The maximum atomic E-state index is 12.0. The van der Waals surface area contributed by atoms with Gasteiger partial charge < -0.3 is 14.2 Å². The SMILES string of the molecule is CC(=O)OC[C@]12CCC3(C(C)C)OC31C1CCC3[C@@]4(C)CC[C@H](OC(C)=O)C(C)(C)C4CC[C@@]3(C)[C@]1(C)CC2. The lowest BCUT2D eigenvalue weighted by atomic mass is 9.32. The van der Waals surface area contributed by atoms with Crippen molar-refractivity contribution < 1.29 is 23.8 Å². The quantitative estimate of drug-likeness (QED) is 0.272. The van der Waals surface area contributed by atoms with Crippen LogP contribution in [-0.2, 0) is 23.8 Å². The van der Waals surface area contributed by atoms with E-state index in [9.17, 15) is 9.59 Å². The average Bonchev–Trinajstić information content (AvgIpc) is 3.44. The molecule has 0 N–H and O–H groups in total. The summed E-state index contributed by atoms with van der Waals surface area (Å²) in [6, 6.07) is 0. The van der Waals surface area contributed by atoms with Crippen molar-refractivity contribution in [2.75, 3.05) is 6.61 Å². The van der Waals surface area contributed by atoms with Crippen molar-refractivity contribution in [3.05, 3.63) is 0 Å². The molecule has 6 fully saturated rings. The predicted octanol–water partition coefficient (Wildman–Crippen LogP) is 7.49. The predicted molar refractivity (Wildman–Crippen MR) is 151 cm³/mol. The first-order chi connectivity index (χ1) is 18.1. The fourth-order valence-corrected chi connectivity index (χ4v) is 13.0. The molecule has 5 heteroatoms. The van der Waals surface area contributed by atoms with Gasteiger partial charge in [-0.1, -0.05) is 48.5 Å². The summed E-state index contributed by atoms with van der Waals surface area (Å²) < 4.78 is 18.9. The summed E-state index contributed by atoms with van der Waals surface area (Å²) in [6.07, 6.45) is 11.6. The summed E-state index contributed by atoms with van der Waals surface area (Å²) in [6.45, 7) is 21.0. The highest BCUT2D eigenvalue weighted by Gasteiger charge is 2.89. The highest BCUT2D eigenvalue weighted by molar-refractivity contribution is 5.66. The van der Waals surface area contributed by atoms with Crippen molar-refractivity contribution in [3.8, 4) is 0 Å². The zero-order valence-corrected chi connectivity index (χ0v) is 26.2. The van der Waals surface area contributed by atoms with Crippen molar-refractivity contribution in [1.82, 2.24) is 0 Å².